The summed E-state index contributed by atoms with van der Waals surface area (Å²) in [5.74, 6) is -1.01. The molecule has 0 bridgehead atoms. The molecule has 0 aliphatic heterocycles. The highest BCUT2D eigenvalue weighted by molar-refractivity contribution is 9.10. The van der Waals surface area contributed by atoms with Crippen LogP contribution >= 0.6 is 15.9 Å². The van der Waals surface area contributed by atoms with Crippen LogP contribution in [0.4, 0.5) is 0 Å². The number of rotatable bonds is 3. The minimum atomic E-state index is -0.647. The highest BCUT2D eigenvalue weighted by Gasteiger charge is 2.50. The molecule has 0 spiro atoms. The average Bonchev–Trinajstić information content (AvgIpc) is 2.82. The second kappa shape index (κ2) is 6.07. The van der Waals surface area contributed by atoms with Gasteiger partial charge in [0.25, 0.3) is 0 Å². The van der Waals surface area contributed by atoms with Gasteiger partial charge in [-0.2, -0.15) is 0 Å². The third-order valence-corrected chi connectivity index (χ3v) is 5.47. The Kier molecular flexibility index (Phi) is 4.27. The summed E-state index contributed by atoms with van der Waals surface area (Å²) in [6.45, 7) is 0. The van der Waals surface area contributed by atoms with Crippen LogP contribution in [0.5, 0.6) is 5.75 Å². The summed E-state index contributed by atoms with van der Waals surface area (Å²) in [7, 11) is 2.85. The molecule has 1 aromatic rings. The molecule has 0 radical (unpaired) electrons. The van der Waals surface area contributed by atoms with Crippen molar-refractivity contribution in [2.45, 2.75) is 25.2 Å². The van der Waals surface area contributed by atoms with Crippen molar-refractivity contribution >= 4 is 33.5 Å². The molecular formula is C17H17BrO5. The molecule has 0 amide bonds. The highest BCUT2D eigenvalue weighted by Crippen LogP contribution is 2.52. The van der Waals surface area contributed by atoms with E-state index in [0.717, 1.165) is 10.0 Å². The van der Waals surface area contributed by atoms with Crippen molar-refractivity contribution in [2.75, 3.05) is 14.2 Å². The van der Waals surface area contributed by atoms with Gasteiger partial charge in [0.1, 0.15) is 11.5 Å². The molecule has 3 rings (SSSR count). The predicted molar refractivity (Wildman–Crippen MR) is 85.6 cm³/mol. The fourth-order valence-electron chi connectivity index (χ4n) is 3.82. The van der Waals surface area contributed by atoms with Crippen molar-refractivity contribution in [3.8, 4) is 5.75 Å². The van der Waals surface area contributed by atoms with Gasteiger partial charge in [0.2, 0.25) is 0 Å². The van der Waals surface area contributed by atoms with E-state index < -0.39 is 5.92 Å². The van der Waals surface area contributed by atoms with E-state index in [2.05, 4.69) is 15.9 Å². The Morgan fingerprint density at radius 2 is 2.04 bits per heavy atom. The number of ether oxygens (including phenoxy) is 2. The normalized spacial score (nSPS) is 25.8. The van der Waals surface area contributed by atoms with Crippen LogP contribution in [0.3, 0.4) is 0 Å². The van der Waals surface area contributed by atoms with Gasteiger partial charge >= 0.3 is 5.97 Å². The highest BCUT2D eigenvalue weighted by atomic mass is 79.9. The first-order valence-corrected chi connectivity index (χ1v) is 8.27. The van der Waals surface area contributed by atoms with Gasteiger partial charge in [0, 0.05) is 23.2 Å². The summed E-state index contributed by atoms with van der Waals surface area (Å²) in [5.41, 5.74) is 1.34. The first-order valence-electron chi connectivity index (χ1n) is 7.48. The lowest BCUT2D eigenvalue weighted by molar-refractivity contribution is -0.142. The summed E-state index contributed by atoms with van der Waals surface area (Å²) in [5, 5.41) is 0. The zero-order chi connectivity index (χ0) is 16.7. The molecule has 3 atom stereocenters. The van der Waals surface area contributed by atoms with Crippen molar-refractivity contribution in [2.24, 2.45) is 11.8 Å². The number of hydrogen-bond donors (Lipinski definition) is 0. The van der Waals surface area contributed by atoms with Gasteiger partial charge in [0.05, 0.1) is 25.7 Å². The van der Waals surface area contributed by atoms with Crippen LogP contribution in [-0.4, -0.2) is 31.8 Å². The Morgan fingerprint density at radius 1 is 1.30 bits per heavy atom. The van der Waals surface area contributed by atoms with Crippen molar-refractivity contribution in [3.05, 3.63) is 27.7 Å². The maximum atomic E-state index is 12.7. The average molecular weight is 381 g/mol. The summed E-state index contributed by atoms with van der Waals surface area (Å²) in [6.07, 6.45) is 1.07. The van der Waals surface area contributed by atoms with E-state index in [4.69, 9.17) is 9.47 Å². The standard InChI is InChI=1S/C17H17BrO5/c1-22-12-4-3-10(18)14-9-5-8(7-13(20)23-2)6-11(19)15(9)17(21)16(12)14/h3-4,8-9,15H,5-7H2,1-2H3/t8-,9+,15-/m1/s1. The van der Waals surface area contributed by atoms with Crippen molar-refractivity contribution in [1.29, 1.82) is 0 Å². The Bertz CT molecular complexity index is 696. The van der Waals surface area contributed by atoms with Gasteiger partial charge in [-0.15, -0.1) is 0 Å². The first-order chi connectivity index (χ1) is 11.0. The number of ketones is 2. The van der Waals surface area contributed by atoms with Gasteiger partial charge in [-0.3, -0.25) is 14.4 Å². The van der Waals surface area contributed by atoms with E-state index in [1.165, 1.54) is 14.2 Å². The Hall–Kier alpha value is -1.69. The van der Waals surface area contributed by atoms with E-state index in [1.807, 2.05) is 6.07 Å². The number of halogens is 1. The Balaban J connectivity index is 2.00. The lowest BCUT2D eigenvalue weighted by Gasteiger charge is -2.30. The maximum absolute atomic E-state index is 12.7. The fraction of sp³-hybridized carbons (Fsp3) is 0.471. The van der Waals surface area contributed by atoms with Gasteiger partial charge in [-0.1, -0.05) is 15.9 Å². The molecule has 6 heteroatoms. The number of hydrogen-bond acceptors (Lipinski definition) is 5. The van der Waals surface area contributed by atoms with Crippen LogP contribution in [-0.2, 0) is 14.3 Å². The maximum Gasteiger partial charge on any atom is 0.305 e. The third kappa shape index (κ3) is 2.59. The van der Waals surface area contributed by atoms with Crippen LogP contribution in [0, 0.1) is 11.8 Å². The fourth-order valence-corrected chi connectivity index (χ4v) is 4.44. The zero-order valence-electron chi connectivity index (χ0n) is 12.9. The minimum Gasteiger partial charge on any atom is -0.496 e. The smallest absolute Gasteiger partial charge is 0.305 e. The number of Topliss-reactive ketones (excluding diaryl/α,β-unsaturated/α-hetero) is 2. The van der Waals surface area contributed by atoms with E-state index in [9.17, 15) is 14.4 Å². The Morgan fingerprint density at radius 3 is 2.70 bits per heavy atom. The van der Waals surface area contributed by atoms with Gasteiger partial charge in [0.15, 0.2) is 5.78 Å². The number of carbonyl (C=O) groups is 3. The number of fused-ring (bicyclic) bond motifs is 3. The molecule has 0 heterocycles. The molecule has 23 heavy (non-hydrogen) atoms. The van der Waals surface area contributed by atoms with Crippen LogP contribution in [0.2, 0.25) is 0 Å². The van der Waals surface area contributed by atoms with Crippen LogP contribution in [0.1, 0.15) is 41.1 Å². The second-order valence-electron chi connectivity index (χ2n) is 6.04. The molecule has 122 valence electrons. The second-order valence-corrected chi connectivity index (χ2v) is 6.89. The topological polar surface area (TPSA) is 69.7 Å². The summed E-state index contributed by atoms with van der Waals surface area (Å²) in [4.78, 5) is 36.8. The SMILES string of the molecule is COC(=O)C[C@H]1CC(=O)[C@@H]2C(=O)c3c(OC)ccc(Br)c3[C@@H]2C1. The van der Waals surface area contributed by atoms with Crippen LogP contribution in [0.25, 0.3) is 0 Å². The van der Waals surface area contributed by atoms with Crippen molar-refractivity contribution in [3.63, 3.8) is 0 Å². The number of benzene rings is 1. The monoisotopic (exact) mass is 380 g/mol. The third-order valence-electron chi connectivity index (χ3n) is 4.78. The predicted octanol–water partition coefficient (Wildman–Crippen LogP) is 2.90. The van der Waals surface area contributed by atoms with E-state index in [0.29, 0.717) is 17.7 Å². The number of esters is 1. The van der Waals surface area contributed by atoms with Crippen molar-refractivity contribution in [1.82, 2.24) is 0 Å². The quantitative estimate of drug-likeness (QED) is 0.595. The zero-order valence-corrected chi connectivity index (χ0v) is 14.5. The number of carbonyl (C=O) groups excluding carboxylic acids is 3. The summed E-state index contributed by atoms with van der Waals surface area (Å²) >= 11 is 3.49. The Labute approximate surface area is 142 Å². The van der Waals surface area contributed by atoms with E-state index in [-0.39, 0.29) is 42.2 Å². The lowest BCUT2D eigenvalue weighted by Crippen LogP contribution is -2.33. The molecule has 0 unspecified atom stereocenters. The molecule has 1 aromatic carbocycles. The summed E-state index contributed by atoms with van der Waals surface area (Å²) in [6, 6.07) is 3.57. The van der Waals surface area contributed by atoms with E-state index >= 15 is 0 Å². The molecular weight excluding hydrogens is 364 g/mol. The molecule has 2 aliphatic rings. The molecule has 1 fully saturated rings. The molecule has 2 aliphatic carbocycles. The molecule has 5 nitrogen and oxygen atoms in total. The van der Waals surface area contributed by atoms with Gasteiger partial charge < -0.3 is 9.47 Å². The molecule has 0 N–H and O–H groups in total. The first kappa shape index (κ1) is 16.2. The molecule has 0 saturated heterocycles. The van der Waals surface area contributed by atoms with Crippen LogP contribution in [0.15, 0.2) is 16.6 Å². The minimum absolute atomic E-state index is 0.0898. The van der Waals surface area contributed by atoms with Crippen molar-refractivity contribution < 1.29 is 23.9 Å². The van der Waals surface area contributed by atoms with Gasteiger partial charge in [-0.05, 0) is 30.0 Å². The largest absolute Gasteiger partial charge is 0.496 e. The van der Waals surface area contributed by atoms with Crippen LogP contribution < -0.4 is 4.74 Å². The molecule has 1 saturated carbocycles. The lowest BCUT2D eigenvalue weighted by atomic mass is 9.72. The number of methoxy groups -OCH3 is 2. The summed E-state index contributed by atoms with van der Waals surface area (Å²) < 4.78 is 10.8. The molecule has 0 aromatic heterocycles. The van der Waals surface area contributed by atoms with Gasteiger partial charge in [-0.25, -0.2) is 0 Å². The van der Waals surface area contributed by atoms with E-state index in [1.54, 1.807) is 6.07 Å².